The number of anilines is 2. The van der Waals surface area contributed by atoms with Crippen LogP contribution in [0.3, 0.4) is 0 Å². The Morgan fingerprint density at radius 3 is 2.88 bits per heavy atom. The summed E-state index contributed by atoms with van der Waals surface area (Å²) in [5.74, 6) is 0. The first-order chi connectivity index (χ1) is 11.7. The molecule has 0 bridgehead atoms. The van der Waals surface area contributed by atoms with Crippen LogP contribution in [-0.2, 0) is 12.8 Å². The van der Waals surface area contributed by atoms with Crippen LogP contribution in [0.2, 0.25) is 0 Å². The van der Waals surface area contributed by atoms with Crippen molar-refractivity contribution in [1.29, 1.82) is 0 Å². The summed E-state index contributed by atoms with van der Waals surface area (Å²) < 4.78 is 0. The molecule has 24 heavy (non-hydrogen) atoms. The zero-order chi connectivity index (χ0) is 16.5. The molecule has 0 radical (unpaired) electrons. The summed E-state index contributed by atoms with van der Waals surface area (Å²) in [6.45, 7) is 2.91. The number of nitrogens with zero attached hydrogens (tertiary/aromatic N) is 1. The summed E-state index contributed by atoms with van der Waals surface area (Å²) in [4.78, 5) is 16.0. The number of para-hydroxylation sites is 1. The number of amides is 2. The van der Waals surface area contributed by atoms with Gasteiger partial charge in [-0.15, -0.1) is 11.8 Å². The third kappa shape index (κ3) is 2.91. The Bertz CT molecular complexity index is 774. The van der Waals surface area contributed by atoms with Gasteiger partial charge in [0.15, 0.2) is 0 Å². The van der Waals surface area contributed by atoms with Crippen LogP contribution in [0.15, 0.2) is 47.4 Å². The van der Waals surface area contributed by atoms with Crippen molar-refractivity contribution in [2.75, 3.05) is 16.8 Å². The van der Waals surface area contributed by atoms with E-state index < -0.39 is 0 Å². The number of fused-ring (bicyclic) bond motifs is 2. The summed E-state index contributed by atoms with van der Waals surface area (Å²) in [5, 5.41) is 3.58. The smallest absolute Gasteiger partial charge is 0.307 e. The predicted molar refractivity (Wildman–Crippen MR) is 101 cm³/mol. The molecule has 2 aliphatic rings. The molecule has 0 unspecified atom stereocenters. The van der Waals surface area contributed by atoms with Crippen molar-refractivity contribution in [3.05, 3.63) is 53.6 Å². The number of carbonyl (C=O) groups is 1. The van der Waals surface area contributed by atoms with Crippen LogP contribution in [0, 0.1) is 0 Å². The van der Waals surface area contributed by atoms with E-state index in [4.69, 9.17) is 0 Å². The van der Waals surface area contributed by atoms with Crippen LogP contribution < -0.4 is 10.2 Å². The molecule has 0 aromatic heterocycles. The van der Waals surface area contributed by atoms with Gasteiger partial charge in [-0.25, -0.2) is 4.79 Å². The zero-order valence-corrected chi connectivity index (χ0v) is 14.7. The molecule has 1 N–H and O–H groups in total. The van der Waals surface area contributed by atoms with Crippen molar-refractivity contribution in [1.82, 2.24) is 0 Å². The number of rotatable bonds is 1. The van der Waals surface area contributed by atoms with Gasteiger partial charge in [0.1, 0.15) is 0 Å². The van der Waals surface area contributed by atoms with Gasteiger partial charge in [-0.05, 0) is 55.0 Å². The fourth-order valence-electron chi connectivity index (χ4n) is 3.66. The second-order valence-corrected chi connectivity index (χ2v) is 8.07. The highest BCUT2D eigenvalue weighted by Gasteiger charge is 2.27. The predicted octanol–water partition coefficient (Wildman–Crippen LogP) is 5.10. The average Bonchev–Trinajstić information content (AvgIpc) is 2.61. The van der Waals surface area contributed by atoms with E-state index in [0.29, 0.717) is 5.25 Å². The summed E-state index contributed by atoms with van der Waals surface area (Å²) in [6.07, 6.45) is 4.65. The van der Waals surface area contributed by atoms with Crippen molar-refractivity contribution in [2.45, 2.75) is 42.8 Å². The lowest BCUT2D eigenvalue weighted by Gasteiger charge is -2.33. The fourth-order valence-corrected chi connectivity index (χ4v) is 4.78. The lowest BCUT2D eigenvalue weighted by Crippen LogP contribution is -2.41. The van der Waals surface area contributed by atoms with Gasteiger partial charge in [0.2, 0.25) is 0 Å². The molecule has 124 valence electrons. The van der Waals surface area contributed by atoms with Gasteiger partial charge in [-0.2, -0.15) is 0 Å². The molecule has 2 amide bonds. The monoisotopic (exact) mass is 338 g/mol. The lowest BCUT2D eigenvalue weighted by molar-refractivity contribution is 0.256. The molecule has 0 saturated heterocycles. The number of carbonyl (C=O) groups excluding carboxylic acids is 1. The third-order valence-electron chi connectivity index (χ3n) is 4.81. The number of aryl methyl sites for hydroxylation is 1. The highest BCUT2D eigenvalue weighted by atomic mass is 32.2. The maximum atomic E-state index is 13.0. The molecular weight excluding hydrogens is 316 g/mol. The normalized spacial score (nSPS) is 19.4. The molecule has 0 spiro atoms. The summed E-state index contributed by atoms with van der Waals surface area (Å²) in [6, 6.07) is 14.4. The highest BCUT2D eigenvalue weighted by Crippen LogP contribution is 2.38. The summed E-state index contributed by atoms with van der Waals surface area (Å²) >= 11 is 1.84. The Balaban J connectivity index is 1.61. The van der Waals surface area contributed by atoms with E-state index >= 15 is 0 Å². The molecule has 0 saturated carbocycles. The van der Waals surface area contributed by atoms with Gasteiger partial charge in [0.05, 0.1) is 5.69 Å². The Hall–Kier alpha value is -1.94. The Kier molecular flexibility index (Phi) is 4.23. The molecule has 4 rings (SSSR count). The molecule has 1 atom stereocenters. The van der Waals surface area contributed by atoms with Gasteiger partial charge in [-0.3, -0.25) is 4.90 Å². The largest absolute Gasteiger partial charge is 0.326 e. The van der Waals surface area contributed by atoms with Crippen LogP contribution in [0.5, 0.6) is 0 Å². The second-order valence-electron chi connectivity index (χ2n) is 6.59. The first kappa shape index (κ1) is 15.6. The van der Waals surface area contributed by atoms with Crippen molar-refractivity contribution in [2.24, 2.45) is 0 Å². The van der Waals surface area contributed by atoms with E-state index in [1.165, 1.54) is 28.9 Å². The van der Waals surface area contributed by atoms with E-state index in [2.05, 4.69) is 30.4 Å². The molecule has 1 heterocycles. The van der Waals surface area contributed by atoms with Crippen LogP contribution in [-0.4, -0.2) is 17.8 Å². The molecule has 0 fully saturated rings. The molecule has 1 aliphatic heterocycles. The van der Waals surface area contributed by atoms with Crippen molar-refractivity contribution in [3.63, 3.8) is 0 Å². The highest BCUT2D eigenvalue weighted by molar-refractivity contribution is 8.00. The molecule has 1 aliphatic carbocycles. The number of urea groups is 1. The number of hydrogen-bond acceptors (Lipinski definition) is 2. The Morgan fingerprint density at radius 2 is 1.96 bits per heavy atom. The van der Waals surface area contributed by atoms with Crippen molar-refractivity contribution < 1.29 is 4.79 Å². The molecule has 2 aromatic rings. The van der Waals surface area contributed by atoms with Crippen molar-refractivity contribution >= 4 is 29.2 Å². The first-order valence-corrected chi connectivity index (χ1v) is 9.55. The minimum Gasteiger partial charge on any atom is -0.307 e. The van der Waals surface area contributed by atoms with Gasteiger partial charge >= 0.3 is 6.03 Å². The summed E-state index contributed by atoms with van der Waals surface area (Å²) in [7, 11) is 0. The number of nitrogens with one attached hydrogen (secondary N) is 1. The van der Waals surface area contributed by atoms with E-state index in [-0.39, 0.29) is 6.03 Å². The van der Waals surface area contributed by atoms with E-state index in [0.717, 1.165) is 30.8 Å². The minimum absolute atomic E-state index is 0.0198. The number of hydrogen-bond donors (Lipinski definition) is 1. The summed E-state index contributed by atoms with van der Waals surface area (Å²) in [5.41, 5.74) is 4.72. The third-order valence-corrected chi connectivity index (χ3v) is 5.96. The molecule has 2 aromatic carbocycles. The maximum Gasteiger partial charge on any atom is 0.326 e. The van der Waals surface area contributed by atoms with Gasteiger partial charge in [-0.1, -0.05) is 31.2 Å². The van der Waals surface area contributed by atoms with E-state index in [1.807, 2.05) is 40.9 Å². The maximum absolute atomic E-state index is 13.0. The van der Waals surface area contributed by atoms with Gasteiger partial charge in [0, 0.05) is 22.4 Å². The van der Waals surface area contributed by atoms with Gasteiger partial charge < -0.3 is 5.32 Å². The van der Waals surface area contributed by atoms with E-state index in [1.54, 1.807) is 0 Å². The molecule has 3 nitrogen and oxygen atoms in total. The van der Waals surface area contributed by atoms with Crippen LogP contribution in [0.25, 0.3) is 0 Å². The van der Waals surface area contributed by atoms with Crippen LogP contribution in [0.1, 0.15) is 30.9 Å². The number of benzene rings is 2. The van der Waals surface area contributed by atoms with E-state index in [9.17, 15) is 4.79 Å². The topological polar surface area (TPSA) is 32.3 Å². The zero-order valence-electron chi connectivity index (χ0n) is 13.9. The van der Waals surface area contributed by atoms with Crippen LogP contribution >= 0.6 is 11.8 Å². The minimum atomic E-state index is -0.0198. The second kappa shape index (κ2) is 6.52. The molecule has 4 heteroatoms. The average molecular weight is 338 g/mol. The Labute approximate surface area is 147 Å². The van der Waals surface area contributed by atoms with Crippen LogP contribution in [0.4, 0.5) is 16.2 Å². The fraction of sp³-hybridized carbons (Fsp3) is 0.350. The lowest BCUT2D eigenvalue weighted by atomic mass is 9.90. The first-order valence-electron chi connectivity index (χ1n) is 8.67. The Morgan fingerprint density at radius 1 is 1.12 bits per heavy atom. The number of thioether (sulfide) groups is 1. The molecular formula is C20H22N2OS. The SMILES string of the molecule is C[C@@H]1CN(C(=O)Nc2cccc3c2CCCC3)c2ccccc2S1. The van der Waals surface area contributed by atoms with Gasteiger partial charge in [0.25, 0.3) is 0 Å². The van der Waals surface area contributed by atoms with Crippen molar-refractivity contribution in [3.8, 4) is 0 Å². The quantitative estimate of drug-likeness (QED) is 0.785. The standard InChI is InChI=1S/C20H22N2OS/c1-14-13-22(18-11-4-5-12-19(18)24-14)20(23)21-17-10-6-8-15-7-2-3-9-16(15)17/h4-6,8,10-12,14H,2-3,7,9,13H2,1H3,(H,21,23)/t14-/m1/s1.